The van der Waals surface area contributed by atoms with Crippen LogP contribution >= 0.6 is 0 Å². The van der Waals surface area contributed by atoms with Crippen molar-refractivity contribution in [1.82, 2.24) is 9.62 Å². The molecule has 2 heterocycles. The molecule has 7 heteroatoms. The van der Waals surface area contributed by atoms with E-state index < -0.39 is 15.6 Å². The van der Waals surface area contributed by atoms with Gasteiger partial charge in [-0.3, -0.25) is 0 Å². The Bertz CT molecular complexity index is 910. The summed E-state index contributed by atoms with van der Waals surface area (Å²) in [5.41, 5.74) is -0.0575. The van der Waals surface area contributed by atoms with Crippen molar-refractivity contribution in [2.75, 3.05) is 13.1 Å². The predicted molar refractivity (Wildman–Crippen MR) is 90.4 cm³/mol. The number of sulfonamides is 1. The maximum Gasteiger partial charge on any atom is 0.336 e. The second kappa shape index (κ2) is 5.98. The lowest BCUT2D eigenvalue weighted by Gasteiger charge is -2.32. The zero-order valence-electron chi connectivity index (χ0n) is 13.3. The van der Waals surface area contributed by atoms with Crippen LogP contribution in [0.4, 0.5) is 0 Å². The number of nitrogens with one attached hydrogen (secondary N) is 1. The van der Waals surface area contributed by atoms with Crippen LogP contribution in [0.15, 0.2) is 44.4 Å². The fourth-order valence-electron chi connectivity index (χ4n) is 3.33. The summed E-state index contributed by atoms with van der Waals surface area (Å²) in [5, 5.41) is 0.598. The maximum absolute atomic E-state index is 12.6. The van der Waals surface area contributed by atoms with Gasteiger partial charge in [-0.1, -0.05) is 0 Å². The minimum absolute atomic E-state index is 0.0191. The van der Waals surface area contributed by atoms with Gasteiger partial charge in [0.05, 0.1) is 4.90 Å². The van der Waals surface area contributed by atoms with Crippen LogP contribution in [0.2, 0.25) is 0 Å². The van der Waals surface area contributed by atoms with E-state index in [0.29, 0.717) is 11.0 Å². The van der Waals surface area contributed by atoms with Crippen molar-refractivity contribution in [2.45, 2.75) is 42.7 Å². The number of fused-ring (bicyclic) bond motifs is 1. The van der Waals surface area contributed by atoms with E-state index in [9.17, 15) is 13.2 Å². The van der Waals surface area contributed by atoms with Gasteiger partial charge in [-0.15, -0.1) is 0 Å². The summed E-state index contributed by atoms with van der Waals surface area (Å²) < 4.78 is 33.1. The van der Waals surface area contributed by atoms with E-state index in [0.717, 1.165) is 32.0 Å². The molecule has 6 nitrogen and oxygen atoms in total. The van der Waals surface area contributed by atoms with Gasteiger partial charge < -0.3 is 9.32 Å². The highest BCUT2D eigenvalue weighted by Crippen LogP contribution is 2.29. The third-order valence-electron chi connectivity index (χ3n) is 4.82. The minimum Gasteiger partial charge on any atom is -0.423 e. The normalized spacial score (nSPS) is 20.5. The molecule has 1 aliphatic heterocycles. The van der Waals surface area contributed by atoms with Gasteiger partial charge in [0.15, 0.2) is 0 Å². The largest absolute Gasteiger partial charge is 0.423 e. The molecule has 2 aliphatic rings. The van der Waals surface area contributed by atoms with Crippen LogP contribution in [0.5, 0.6) is 0 Å². The van der Waals surface area contributed by atoms with Crippen LogP contribution < -0.4 is 10.3 Å². The molecule has 1 aromatic heterocycles. The van der Waals surface area contributed by atoms with E-state index >= 15 is 0 Å². The molecule has 1 saturated heterocycles. The molecule has 1 N–H and O–H groups in total. The number of nitrogens with zero attached hydrogens (tertiary/aromatic N) is 1. The molecule has 0 unspecified atom stereocenters. The molecule has 0 radical (unpaired) electrons. The van der Waals surface area contributed by atoms with Gasteiger partial charge in [-0.25, -0.2) is 17.9 Å². The van der Waals surface area contributed by atoms with Crippen molar-refractivity contribution in [3.8, 4) is 0 Å². The second-order valence-electron chi connectivity index (χ2n) is 6.62. The lowest BCUT2D eigenvalue weighted by atomic mass is 10.1. The molecule has 0 spiro atoms. The molecule has 24 heavy (non-hydrogen) atoms. The number of benzene rings is 1. The minimum atomic E-state index is -3.57. The molecule has 1 aliphatic carbocycles. The van der Waals surface area contributed by atoms with E-state index in [-0.39, 0.29) is 10.9 Å². The van der Waals surface area contributed by atoms with Crippen LogP contribution in [0.3, 0.4) is 0 Å². The van der Waals surface area contributed by atoms with E-state index in [4.69, 9.17) is 4.42 Å². The van der Waals surface area contributed by atoms with Crippen LogP contribution in [0, 0.1) is 0 Å². The van der Waals surface area contributed by atoms with Gasteiger partial charge in [-0.05, 0) is 63.0 Å². The van der Waals surface area contributed by atoms with Crippen molar-refractivity contribution in [3.05, 3.63) is 40.8 Å². The second-order valence-corrected chi connectivity index (χ2v) is 8.33. The van der Waals surface area contributed by atoms with Gasteiger partial charge in [-0.2, -0.15) is 0 Å². The SMILES string of the molecule is O=c1ccc2cc(S(=O)(=O)NC3CCN(C4CC4)CC3)ccc2o1. The number of piperidine rings is 1. The first kappa shape index (κ1) is 15.8. The first-order valence-electron chi connectivity index (χ1n) is 8.31. The van der Waals surface area contributed by atoms with Crippen molar-refractivity contribution in [1.29, 1.82) is 0 Å². The van der Waals surface area contributed by atoms with E-state index in [1.165, 1.54) is 31.0 Å². The molecule has 128 valence electrons. The van der Waals surface area contributed by atoms with Crippen molar-refractivity contribution < 1.29 is 12.8 Å². The first-order valence-corrected chi connectivity index (χ1v) is 9.80. The molecular formula is C17H20N2O4S. The molecule has 1 saturated carbocycles. The summed E-state index contributed by atoms with van der Waals surface area (Å²) >= 11 is 0. The highest BCUT2D eigenvalue weighted by atomic mass is 32.2. The maximum atomic E-state index is 12.6. The van der Waals surface area contributed by atoms with Crippen LogP contribution in [-0.4, -0.2) is 38.5 Å². The molecule has 0 bridgehead atoms. The molecule has 1 aromatic carbocycles. The smallest absolute Gasteiger partial charge is 0.336 e. The fraction of sp³-hybridized carbons (Fsp3) is 0.471. The van der Waals surface area contributed by atoms with Crippen LogP contribution in [0.1, 0.15) is 25.7 Å². The van der Waals surface area contributed by atoms with Crippen molar-refractivity contribution >= 4 is 21.0 Å². The Hall–Kier alpha value is -1.70. The highest BCUT2D eigenvalue weighted by molar-refractivity contribution is 7.89. The Morgan fingerprint density at radius 1 is 1.04 bits per heavy atom. The van der Waals surface area contributed by atoms with Gasteiger partial charge in [0.1, 0.15) is 5.58 Å². The highest BCUT2D eigenvalue weighted by Gasteiger charge is 2.33. The van der Waals surface area contributed by atoms with Crippen molar-refractivity contribution in [2.24, 2.45) is 0 Å². The number of hydrogen-bond acceptors (Lipinski definition) is 5. The molecule has 2 fully saturated rings. The summed E-state index contributed by atoms with van der Waals surface area (Å²) in [5.74, 6) is 0. The Kier molecular flexibility index (Phi) is 3.94. The van der Waals surface area contributed by atoms with Crippen molar-refractivity contribution in [3.63, 3.8) is 0 Å². The molecule has 0 atom stereocenters. The third-order valence-corrected chi connectivity index (χ3v) is 6.33. The molecule has 4 rings (SSSR count). The van der Waals surface area contributed by atoms with E-state index in [1.54, 1.807) is 12.1 Å². The topological polar surface area (TPSA) is 79.6 Å². The Balaban J connectivity index is 1.50. The van der Waals surface area contributed by atoms with Gasteiger partial charge >= 0.3 is 5.63 Å². The molecule has 0 amide bonds. The standard InChI is InChI=1S/C17H20N2O4S/c20-17-6-1-12-11-15(4-5-16(12)23-17)24(21,22)18-13-7-9-19(10-8-13)14-2-3-14/h1,4-6,11,13-14,18H,2-3,7-10H2. The average Bonchev–Trinajstić information content (AvgIpc) is 3.39. The summed E-state index contributed by atoms with van der Waals surface area (Å²) in [6.07, 6.45) is 4.25. The first-order chi connectivity index (χ1) is 11.5. The van der Waals surface area contributed by atoms with E-state index in [1.807, 2.05) is 0 Å². The summed E-state index contributed by atoms with van der Waals surface area (Å²) in [6, 6.07) is 8.13. The van der Waals surface area contributed by atoms with E-state index in [2.05, 4.69) is 9.62 Å². The number of rotatable bonds is 4. The Morgan fingerprint density at radius 2 is 1.79 bits per heavy atom. The zero-order chi connectivity index (χ0) is 16.7. The lowest BCUT2D eigenvalue weighted by Crippen LogP contribution is -2.45. The van der Waals surface area contributed by atoms with Gasteiger partial charge in [0.2, 0.25) is 10.0 Å². The fourth-order valence-corrected chi connectivity index (χ4v) is 4.67. The van der Waals surface area contributed by atoms with Crippen LogP contribution in [-0.2, 0) is 10.0 Å². The average molecular weight is 348 g/mol. The summed E-state index contributed by atoms with van der Waals surface area (Å²) in [7, 11) is -3.57. The van der Waals surface area contributed by atoms with Crippen LogP contribution in [0.25, 0.3) is 11.0 Å². The summed E-state index contributed by atoms with van der Waals surface area (Å²) in [6.45, 7) is 1.92. The third kappa shape index (κ3) is 3.24. The van der Waals surface area contributed by atoms with Gasteiger partial charge in [0, 0.05) is 23.5 Å². The molecular weight excluding hydrogens is 328 g/mol. The lowest BCUT2D eigenvalue weighted by molar-refractivity contribution is 0.199. The summed E-state index contributed by atoms with van der Waals surface area (Å²) in [4.78, 5) is 13.9. The zero-order valence-corrected chi connectivity index (χ0v) is 14.1. The predicted octanol–water partition coefficient (Wildman–Crippen LogP) is 1.70. The Labute approximate surface area is 140 Å². The number of likely N-dealkylation sites (tertiary alicyclic amines) is 1. The number of hydrogen-bond donors (Lipinski definition) is 1. The monoisotopic (exact) mass is 348 g/mol. The molecule has 2 aromatic rings. The quantitative estimate of drug-likeness (QED) is 0.851. The Morgan fingerprint density at radius 3 is 2.50 bits per heavy atom. The van der Waals surface area contributed by atoms with Gasteiger partial charge in [0.25, 0.3) is 0 Å².